The van der Waals surface area contributed by atoms with Crippen LogP contribution in [0.15, 0.2) is 30.3 Å². The third-order valence-electron chi connectivity index (χ3n) is 15.5. The highest BCUT2D eigenvalue weighted by atomic mass is 32.2. The van der Waals surface area contributed by atoms with Crippen molar-refractivity contribution in [2.24, 2.45) is 11.5 Å². The number of carboxylic acids is 1. The van der Waals surface area contributed by atoms with Crippen molar-refractivity contribution in [3.05, 3.63) is 35.9 Å². The van der Waals surface area contributed by atoms with E-state index in [1.54, 1.807) is 30.3 Å². The van der Waals surface area contributed by atoms with Crippen LogP contribution in [0.25, 0.3) is 0 Å². The van der Waals surface area contributed by atoms with Gasteiger partial charge in [-0.05, 0) is 56.9 Å². The Morgan fingerprint density at radius 3 is 1.59 bits per heavy atom. The first-order chi connectivity index (χ1) is 47.6. The summed E-state index contributed by atoms with van der Waals surface area (Å²) in [7, 11) is 0. The summed E-state index contributed by atoms with van der Waals surface area (Å²) in [5.41, 5.74) is 11.4. The highest BCUT2D eigenvalue weighted by Gasteiger charge is 2.42. The smallest absolute Gasteiger partial charge is 0.315 e. The molecule has 3 heterocycles. The largest absolute Gasteiger partial charge is 0.481 e. The minimum atomic E-state index is -1.67. The molecular weight excluding hydrogens is 1320 g/mol. The maximum Gasteiger partial charge on any atom is 0.315 e. The zero-order chi connectivity index (χ0) is 72.2. The number of guanidine groups is 1. The maximum absolute atomic E-state index is 14.0. The highest BCUT2D eigenvalue weighted by Crippen LogP contribution is 2.33. The van der Waals surface area contributed by atoms with Crippen molar-refractivity contribution in [1.82, 2.24) is 74.4 Å². The van der Waals surface area contributed by atoms with Crippen LogP contribution in [0.1, 0.15) is 108 Å². The highest BCUT2D eigenvalue weighted by molar-refractivity contribution is 8.00. The van der Waals surface area contributed by atoms with Gasteiger partial charge in [0.05, 0.1) is 77.9 Å². The number of carbonyl (C=O) groups excluding carboxylic acids is 13. The predicted octanol–water partition coefficient (Wildman–Crippen LogP) is -5.11. The van der Waals surface area contributed by atoms with Gasteiger partial charge in [0.15, 0.2) is 5.96 Å². The van der Waals surface area contributed by atoms with Crippen molar-refractivity contribution in [3.8, 4) is 0 Å². The van der Waals surface area contributed by atoms with E-state index >= 15 is 0 Å². The third-order valence-corrected chi connectivity index (χ3v) is 17.0. The molecule has 4 rings (SSSR count). The quantitative estimate of drug-likeness (QED) is 0.0126. The minimum Gasteiger partial charge on any atom is -0.481 e. The Balaban J connectivity index is 0.990. The SMILES string of the molecule is N=C(N)NCCCC1NC(=O)[C@H](CCC(=O)NCCOCCOCCNC(=O)CCC(=O)NCCOCCOCCNC(=O)CCC(=O)N[C@@H](CCCCNC(=O)CCCC[C@@H]2SC[C@@H]3NC(=O)N[C@@H]32)C(N)=O)NC(=O)[C@@H](Cc2ccccc2)NC(=O)[C@H](CC(=O)O)NC(=O)CNC1=O. The number of urea groups is 1. The lowest BCUT2D eigenvalue weighted by Crippen LogP contribution is -2.58. The van der Waals surface area contributed by atoms with Crippen molar-refractivity contribution in [3.63, 3.8) is 0 Å². The summed E-state index contributed by atoms with van der Waals surface area (Å²) in [6.07, 6.45) is 2.49. The van der Waals surface area contributed by atoms with Gasteiger partial charge in [0.25, 0.3) is 0 Å². The number of rotatable bonds is 47. The van der Waals surface area contributed by atoms with Gasteiger partial charge < -0.3 is 110 Å². The molecule has 20 N–H and O–H groups in total. The lowest BCUT2D eigenvalue weighted by atomic mass is 10.0. The van der Waals surface area contributed by atoms with Crippen LogP contribution in [-0.4, -0.2) is 246 Å². The molecule has 1 aromatic rings. The van der Waals surface area contributed by atoms with E-state index in [4.69, 9.17) is 35.8 Å². The van der Waals surface area contributed by atoms with Crippen LogP contribution in [0.2, 0.25) is 0 Å². The number of nitrogens with two attached hydrogens (primary N) is 2. The molecule has 0 aliphatic carbocycles. The summed E-state index contributed by atoms with van der Waals surface area (Å²) < 4.78 is 21.9. The van der Waals surface area contributed by atoms with E-state index in [9.17, 15) is 72.2 Å². The normalized spacial score (nSPS) is 19.6. The fourth-order valence-corrected chi connectivity index (χ4v) is 11.8. The Morgan fingerprint density at radius 2 is 1.02 bits per heavy atom. The van der Waals surface area contributed by atoms with Crippen LogP contribution in [0, 0.1) is 5.41 Å². The minimum absolute atomic E-state index is 0.0392. The Labute approximate surface area is 578 Å². The Kier molecular flexibility index (Phi) is 39.9. The number of nitrogens with one attached hydrogen (secondary N) is 15. The number of aliphatic carboxylic acids is 1. The third kappa shape index (κ3) is 36.5. The molecule has 0 bridgehead atoms. The molecule has 552 valence electrons. The number of carbonyl (C=O) groups is 14. The number of hydrogen-bond acceptors (Lipinski definition) is 20. The lowest BCUT2D eigenvalue weighted by Gasteiger charge is -2.26. The number of fused-ring (bicyclic) bond motifs is 1. The second kappa shape index (κ2) is 47.9. The molecule has 0 aromatic heterocycles. The van der Waals surface area contributed by atoms with Crippen LogP contribution in [0.5, 0.6) is 0 Å². The molecule has 1 unspecified atom stereocenters. The fourth-order valence-electron chi connectivity index (χ4n) is 10.3. The van der Waals surface area contributed by atoms with Crippen LogP contribution in [0.3, 0.4) is 0 Å². The second-order valence-electron chi connectivity index (χ2n) is 23.4. The standard InChI is InChI=1S/C62H99N17O19S/c63-56(89)40(11-6-7-21-66-47(80)14-5-4-13-46-55-45(38-99-46)78-62(94)79-55)73-52(85)20-19-51(84)70-26-30-98-34-33-97-29-25-69-50(83)18-17-49(82)68-24-28-96-32-31-95-27-23-67-48(81)16-15-42-58(91)75-41(12-8-22-71-61(64)65)57(90)72-37-53(86)74-44(36-54(87)88)60(93)77-43(59(92)76-42)35-39-9-2-1-3-10-39/h1-3,9-10,40-46,55H,4-8,11-38H2,(H2,63,89)(H,66,80)(H,67,81)(H,68,82)(H,69,83)(H,70,84)(H,72,90)(H,73,85)(H,74,86)(H,75,91)(H,76,92)(H,77,93)(H,87,88)(H4,64,65,71)(H2,78,79,94)/t40-,41?,42-,43+,44-,45-,46-,55-/m0/s1. The number of carboxylic acid groups (broad SMARTS) is 1. The van der Waals surface area contributed by atoms with Gasteiger partial charge in [-0.3, -0.25) is 67.7 Å². The van der Waals surface area contributed by atoms with Crippen molar-refractivity contribution < 1.29 is 91.2 Å². The van der Waals surface area contributed by atoms with Gasteiger partial charge >= 0.3 is 12.0 Å². The van der Waals surface area contributed by atoms with Crippen molar-refractivity contribution in [1.29, 1.82) is 5.41 Å². The monoisotopic (exact) mass is 1420 g/mol. The van der Waals surface area contributed by atoms with Crippen LogP contribution in [-0.2, 0) is 87.7 Å². The summed E-state index contributed by atoms with van der Waals surface area (Å²) in [4.78, 5) is 178. The van der Waals surface area contributed by atoms with Crippen molar-refractivity contribution >= 4 is 101 Å². The van der Waals surface area contributed by atoms with Gasteiger partial charge in [-0.2, -0.15) is 11.8 Å². The first kappa shape index (κ1) is 82.5. The zero-order valence-corrected chi connectivity index (χ0v) is 56.5. The zero-order valence-electron chi connectivity index (χ0n) is 55.7. The number of hydrogen-bond donors (Lipinski definition) is 18. The molecule has 3 aliphatic rings. The molecule has 37 heteroatoms. The van der Waals surface area contributed by atoms with E-state index in [0.29, 0.717) is 36.6 Å². The Hall–Kier alpha value is -8.94. The number of amides is 14. The van der Waals surface area contributed by atoms with Gasteiger partial charge in [0.1, 0.15) is 30.2 Å². The molecule has 36 nitrogen and oxygen atoms in total. The Morgan fingerprint density at radius 1 is 0.515 bits per heavy atom. The van der Waals surface area contributed by atoms with Crippen LogP contribution in [0.4, 0.5) is 4.79 Å². The van der Waals surface area contributed by atoms with Gasteiger partial charge in [0, 0.05) is 95.2 Å². The average molecular weight is 1420 g/mol. The average Bonchev–Trinajstić information content (AvgIpc) is 1.69. The summed E-state index contributed by atoms with van der Waals surface area (Å²) >= 11 is 1.84. The van der Waals surface area contributed by atoms with Crippen LogP contribution < -0.4 is 85.9 Å². The van der Waals surface area contributed by atoms with E-state index in [-0.39, 0.29) is 197 Å². The molecule has 99 heavy (non-hydrogen) atoms. The number of primary amides is 1. The molecule has 3 aliphatic heterocycles. The summed E-state index contributed by atoms with van der Waals surface area (Å²) in [5.74, 6) is -8.35. The number of benzene rings is 1. The molecular formula is C62H99N17O19S. The van der Waals surface area contributed by atoms with Gasteiger partial charge in [-0.25, -0.2) is 4.79 Å². The van der Waals surface area contributed by atoms with Gasteiger partial charge in [-0.15, -0.1) is 0 Å². The maximum atomic E-state index is 14.0. The van der Waals surface area contributed by atoms with Crippen LogP contribution >= 0.6 is 11.8 Å². The van der Waals surface area contributed by atoms with E-state index in [1.807, 2.05) is 11.8 Å². The molecule has 3 fully saturated rings. The molecule has 0 saturated carbocycles. The Bertz CT molecular complexity index is 2830. The van der Waals surface area contributed by atoms with E-state index in [0.717, 1.165) is 25.0 Å². The molecule has 0 spiro atoms. The van der Waals surface area contributed by atoms with Crippen molar-refractivity contribution in [2.75, 3.05) is 104 Å². The van der Waals surface area contributed by atoms with Crippen molar-refractivity contribution in [2.45, 2.75) is 157 Å². The van der Waals surface area contributed by atoms with E-state index in [2.05, 4.69) is 74.4 Å². The fraction of sp³-hybridized carbons (Fsp3) is 0.661. The first-order valence-corrected chi connectivity index (χ1v) is 34.3. The molecule has 0 radical (unpaired) electrons. The summed E-state index contributed by atoms with van der Waals surface area (Å²) in [5, 5.41) is 54.1. The van der Waals surface area contributed by atoms with Gasteiger partial charge in [0.2, 0.25) is 70.9 Å². The molecule has 8 atom stereocenters. The number of ether oxygens (including phenoxy) is 4. The second-order valence-corrected chi connectivity index (χ2v) is 24.7. The number of unbranched alkanes of at least 4 members (excludes halogenated alkanes) is 2. The van der Waals surface area contributed by atoms with E-state index in [1.165, 1.54) is 0 Å². The summed E-state index contributed by atoms with van der Waals surface area (Å²) in [6, 6.07) is 1.88. The first-order valence-electron chi connectivity index (χ1n) is 33.3. The molecule has 3 saturated heterocycles. The predicted molar refractivity (Wildman–Crippen MR) is 357 cm³/mol. The molecule has 1 aromatic carbocycles. The lowest BCUT2D eigenvalue weighted by molar-refractivity contribution is -0.141. The summed E-state index contributed by atoms with van der Waals surface area (Å²) in [6.45, 7) is 1.70. The van der Waals surface area contributed by atoms with E-state index < -0.39 is 96.4 Å². The topological polar surface area (TPSA) is 540 Å². The number of thioether (sulfide) groups is 1. The van der Waals surface area contributed by atoms with Gasteiger partial charge in [-0.1, -0.05) is 36.8 Å². The molecule has 14 amide bonds.